The Morgan fingerprint density at radius 3 is 2.43 bits per heavy atom. The number of ether oxygens (including phenoxy) is 1. The molecule has 150 valence electrons. The average molecular weight is 430 g/mol. The first-order chi connectivity index (χ1) is 13.0. The van der Waals surface area contributed by atoms with Crippen molar-refractivity contribution in [2.75, 3.05) is 6.61 Å². The van der Waals surface area contributed by atoms with E-state index in [2.05, 4.69) is 5.32 Å². The molecular formula is C19H18ClF2NO4S. The molecule has 2 rings (SSSR count). The maximum Gasteiger partial charge on any atom is 0.340 e. The van der Waals surface area contributed by atoms with E-state index in [0.717, 1.165) is 16.2 Å². The Labute approximate surface area is 169 Å². The molecule has 0 spiro atoms. The predicted molar refractivity (Wildman–Crippen MR) is 102 cm³/mol. The lowest BCUT2D eigenvalue weighted by molar-refractivity contribution is -0.128. The number of ketones is 1. The molecule has 1 aromatic carbocycles. The summed E-state index contributed by atoms with van der Waals surface area (Å²) < 4.78 is 31.1. The van der Waals surface area contributed by atoms with E-state index >= 15 is 0 Å². The lowest BCUT2D eigenvalue weighted by Crippen LogP contribution is -2.34. The number of amides is 1. The summed E-state index contributed by atoms with van der Waals surface area (Å²) >= 11 is 6.86. The van der Waals surface area contributed by atoms with E-state index in [0.29, 0.717) is 17.0 Å². The van der Waals surface area contributed by atoms with Gasteiger partial charge in [-0.15, -0.1) is 11.3 Å². The van der Waals surface area contributed by atoms with Gasteiger partial charge in [-0.2, -0.15) is 0 Å². The maximum absolute atomic E-state index is 13.3. The maximum atomic E-state index is 13.3. The number of Topliss-reactive ketones (excluding diaryl/α,β-unsaturated/α-hetero) is 1. The molecule has 1 amide bonds. The van der Waals surface area contributed by atoms with Gasteiger partial charge in [0.05, 0.1) is 22.0 Å². The van der Waals surface area contributed by atoms with Crippen LogP contribution in [0.5, 0.6) is 0 Å². The van der Waals surface area contributed by atoms with Crippen LogP contribution in [0.3, 0.4) is 0 Å². The number of benzene rings is 1. The fourth-order valence-corrected chi connectivity index (χ4v) is 3.11. The van der Waals surface area contributed by atoms with E-state index in [1.54, 1.807) is 32.9 Å². The highest BCUT2D eigenvalue weighted by atomic mass is 35.5. The second-order valence-electron chi connectivity index (χ2n) is 6.94. The van der Waals surface area contributed by atoms with Gasteiger partial charge in [0.2, 0.25) is 11.7 Å². The van der Waals surface area contributed by atoms with Crippen LogP contribution in [-0.2, 0) is 16.1 Å². The number of esters is 1. The van der Waals surface area contributed by atoms with Crippen LogP contribution in [0.25, 0.3) is 0 Å². The molecule has 0 saturated carbocycles. The third-order valence-electron chi connectivity index (χ3n) is 3.61. The van der Waals surface area contributed by atoms with Crippen molar-refractivity contribution in [1.29, 1.82) is 0 Å². The quantitative estimate of drug-likeness (QED) is 0.420. The SMILES string of the molecule is CC(C)(C)C(=O)NCc1ccc(C(=O)COC(=O)c2cc(F)c(F)cc2Cl)s1. The van der Waals surface area contributed by atoms with Gasteiger partial charge in [-0.05, 0) is 24.3 Å². The Hall–Kier alpha value is -2.32. The molecule has 9 heteroatoms. The van der Waals surface area contributed by atoms with Gasteiger partial charge >= 0.3 is 5.97 Å². The molecule has 0 unspecified atom stereocenters. The summed E-state index contributed by atoms with van der Waals surface area (Å²) in [5.41, 5.74) is -0.893. The van der Waals surface area contributed by atoms with Crippen molar-refractivity contribution in [3.05, 3.63) is 56.2 Å². The summed E-state index contributed by atoms with van der Waals surface area (Å²) in [5, 5.41) is 2.46. The summed E-state index contributed by atoms with van der Waals surface area (Å²) in [4.78, 5) is 37.1. The van der Waals surface area contributed by atoms with Crippen LogP contribution < -0.4 is 5.32 Å². The molecule has 28 heavy (non-hydrogen) atoms. The zero-order chi connectivity index (χ0) is 21.1. The highest BCUT2D eigenvalue weighted by Gasteiger charge is 2.21. The molecule has 0 bridgehead atoms. The van der Waals surface area contributed by atoms with Gasteiger partial charge < -0.3 is 10.1 Å². The minimum Gasteiger partial charge on any atom is -0.454 e. The first kappa shape index (κ1) is 22.0. The van der Waals surface area contributed by atoms with Crippen LogP contribution in [0.4, 0.5) is 8.78 Å². The topological polar surface area (TPSA) is 72.5 Å². The Morgan fingerprint density at radius 2 is 1.79 bits per heavy atom. The van der Waals surface area contributed by atoms with Crippen LogP contribution in [0.15, 0.2) is 24.3 Å². The zero-order valence-electron chi connectivity index (χ0n) is 15.4. The van der Waals surface area contributed by atoms with Crippen molar-refractivity contribution >= 4 is 40.6 Å². The Morgan fingerprint density at radius 1 is 1.14 bits per heavy atom. The van der Waals surface area contributed by atoms with Crippen molar-refractivity contribution in [2.45, 2.75) is 27.3 Å². The average Bonchev–Trinajstić information content (AvgIpc) is 3.08. The van der Waals surface area contributed by atoms with Gasteiger partial charge in [-0.3, -0.25) is 9.59 Å². The first-order valence-corrected chi connectivity index (χ1v) is 9.40. The number of rotatable bonds is 6. The summed E-state index contributed by atoms with van der Waals surface area (Å²) in [6, 6.07) is 4.52. The number of carbonyl (C=O) groups is 3. The van der Waals surface area contributed by atoms with Gasteiger partial charge in [0.1, 0.15) is 0 Å². The number of hydrogen-bond donors (Lipinski definition) is 1. The molecule has 1 N–H and O–H groups in total. The fourth-order valence-electron chi connectivity index (χ4n) is 2.01. The summed E-state index contributed by atoms with van der Waals surface area (Å²) in [5.74, 6) is -4.06. The second-order valence-corrected chi connectivity index (χ2v) is 8.52. The van der Waals surface area contributed by atoms with E-state index in [4.69, 9.17) is 16.3 Å². The largest absolute Gasteiger partial charge is 0.454 e. The second kappa shape index (κ2) is 8.79. The van der Waals surface area contributed by atoms with Crippen LogP contribution >= 0.6 is 22.9 Å². The lowest BCUT2D eigenvalue weighted by Gasteiger charge is -2.17. The number of halogens is 3. The van der Waals surface area contributed by atoms with E-state index < -0.39 is 35.4 Å². The monoisotopic (exact) mass is 429 g/mol. The van der Waals surface area contributed by atoms with Gasteiger partial charge in [0.15, 0.2) is 18.2 Å². The van der Waals surface area contributed by atoms with Gasteiger partial charge in [-0.25, -0.2) is 13.6 Å². The van der Waals surface area contributed by atoms with E-state index in [1.165, 1.54) is 0 Å². The molecule has 0 saturated heterocycles. The van der Waals surface area contributed by atoms with Crippen LogP contribution in [-0.4, -0.2) is 24.3 Å². The number of carbonyl (C=O) groups excluding carboxylic acids is 3. The molecular weight excluding hydrogens is 412 g/mol. The number of thiophene rings is 1. The predicted octanol–water partition coefficient (Wildman–Crippen LogP) is 4.38. The standard InChI is InChI=1S/C19H18ClF2NO4S/c1-19(2,3)18(26)23-8-10-4-5-16(28-10)15(24)9-27-17(25)11-6-13(21)14(22)7-12(11)20/h4-7H,8-9H2,1-3H3,(H,23,26). The van der Waals surface area contributed by atoms with Crippen LogP contribution in [0, 0.1) is 17.0 Å². The van der Waals surface area contributed by atoms with Crippen LogP contribution in [0.1, 0.15) is 45.7 Å². The van der Waals surface area contributed by atoms with E-state index in [1.807, 2.05) is 0 Å². The number of nitrogens with one attached hydrogen (secondary N) is 1. The van der Waals surface area contributed by atoms with Crippen molar-refractivity contribution in [3.63, 3.8) is 0 Å². The number of hydrogen-bond acceptors (Lipinski definition) is 5. The molecule has 0 aliphatic carbocycles. The lowest BCUT2D eigenvalue weighted by atomic mass is 9.96. The van der Waals surface area contributed by atoms with Crippen molar-refractivity contribution < 1.29 is 27.9 Å². The van der Waals surface area contributed by atoms with Gasteiger partial charge in [0, 0.05) is 10.3 Å². The summed E-state index contributed by atoms with van der Waals surface area (Å²) in [7, 11) is 0. The highest BCUT2D eigenvalue weighted by Crippen LogP contribution is 2.22. The smallest absolute Gasteiger partial charge is 0.340 e. The van der Waals surface area contributed by atoms with Crippen molar-refractivity contribution in [2.24, 2.45) is 5.41 Å². The van der Waals surface area contributed by atoms with Gasteiger partial charge in [0.25, 0.3) is 0 Å². The molecule has 0 radical (unpaired) electrons. The Kier molecular flexibility index (Phi) is 6.90. The molecule has 0 aliphatic heterocycles. The Bertz CT molecular complexity index is 921. The van der Waals surface area contributed by atoms with Crippen LogP contribution in [0.2, 0.25) is 5.02 Å². The van der Waals surface area contributed by atoms with Gasteiger partial charge in [-0.1, -0.05) is 32.4 Å². The van der Waals surface area contributed by atoms with Crippen molar-refractivity contribution in [3.8, 4) is 0 Å². The molecule has 1 heterocycles. The fraction of sp³-hybridized carbons (Fsp3) is 0.316. The minimum atomic E-state index is -1.25. The molecule has 0 aliphatic rings. The molecule has 5 nitrogen and oxygen atoms in total. The third kappa shape index (κ3) is 5.59. The van der Waals surface area contributed by atoms with E-state index in [-0.39, 0.29) is 23.0 Å². The molecule has 1 aromatic heterocycles. The minimum absolute atomic E-state index is 0.119. The third-order valence-corrected chi connectivity index (χ3v) is 5.04. The molecule has 0 fully saturated rings. The summed E-state index contributed by atoms with van der Waals surface area (Å²) in [6.07, 6.45) is 0. The van der Waals surface area contributed by atoms with Crippen molar-refractivity contribution in [1.82, 2.24) is 5.32 Å². The summed E-state index contributed by atoms with van der Waals surface area (Å²) in [6.45, 7) is 5.07. The molecule has 0 atom stereocenters. The highest BCUT2D eigenvalue weighted by molar-refractivity contribution is 7.14. The Balaban J connectivity index is 1.93. The molecule has 2 aromatic rings. The first-order valence-electron chi connectivity index (χ1n) is 8.21. The normalized spacial score (nSPS) is 11.2. The van der Waals surface area contributed by atoms with E-state index in [9.17, 15) is 23.2 Å². The zero-order valence-corrected chi connectivity index (χ0v) is 17.0.